The van der Waals surface area contributed by atoms with Crippen LogP contribution in [0.3, 0.4) is 0 Å². The Hall–Kier alpha value is -3.20. The molecule has 176 valence electrons. The average molecular weight is 499 g/mol. The van der Waals surface area contributed by atoms with Crippen LogP contribution in [0, 0.1) is 0 Å². The third-order valence-corrected chi connectivity index (χ3v) is 6.20. The van der Waals surface area contributed by atoms with Crippen molar-refractivity contribution in [3.8, 4) is 16.9 Å². The van der Waals surface area contributed by atoms with Crippen molar-refractivity contribution in [2.45, 2.75) is 31.7 Å². The molecule has 0 atom stereocenters. The predicted octanol–water partition coefficient (Wildman–Crippen LogP) is 5.03. The van der Waals surface area contributed by atoms with Gasteiger partial charge in [0.15, 0.2) is 0 Å². The van der Waals surface area contributed by atoms with Gasteiger partial charge in [-0.1, -0.05) is 42.1 Å². The van der Waals surface area contributed by atoms with Crippen molar-refractivity contribution in [1.29, 1.82) is 0 Å². The van der Waals surface area contributed by atoms with E-state index in [-0.39, 0.29) is 17.3 Å². The Kier molecular flexibility index (Phi) is 7.31. The van der Waals surface area contributed by atoms with Crippen LogP contribution in [0.15, 0.2) is 53.6 Å². The highest BCUT2D eigenvalue weighted by Crippen LogP contribution is 2.33. The molecule has 1 aromatic carbocycles. The van der Waals surface area contributed by atoms with E-state index in [1.807, 2.05) is 0 Å². The summed E-state index contributed by atoms with van der Waals surface area (Å²) in [5, 5.41) is 13.7. The molecule has 1 fully saturated rings. The number of nitrogens with two attached hydrogens (primary N) is 1. The summed E-state index contributed by atoms with van der Waals surface area (Å²) in [4.78, 5) is 25.6. The maximum Gasteiger partial charge on any atom is 0.259 e. The van der Waals surface area contributed by atoms with E-state index in [4.69, 9.17) is 28.9 Å². The van der Waals surface area contributed by atoms with E-state index in [1.165, 1.54) is 42.5 Å². The van der Waals surface area contributed by atoms with Gasteiger partial charge in [0, 0.05) is 30.2 Å². The van der Waals surface area contributed by atoms with Crippen LogP contribution in [0.4, 0.5) is 11.8 Å². The number of nitrogens with zero attached hydrogens (tertiary/aromatic N) is 4. The first-order valence-electron chi connectivity index (χ1n) is 10.8. The molecule has 1 saturated carbocycles. The molecule has 3 aromatic heterocycles. The molecule has 0 radical (unpaired) electrons. The molecule has 0 spiro atoms. The molecule has 4 N–H and O–H groups in total. The van der Waals surface area contributed by atoms with Crippen LogP contribution < -0.4 is 16.6 Å². The Balaban J connectivity index is 0.000000398. The largest absolute Gasteiger partial charge is 0.506 e. The van der Waals surface area contributed by atoms with Crippen LogP contribution in [0.1, 0.15) is 25.7 Å². The zero-order valence-electron chi connectivity index (χ0n) is 18.5. The number of aromatic hydroxyl groups is 1. The van der Waals surface area contributed by atoms with Crippen LogP contribution in [0.5, 0.6) is 5.75 Å². The number of fused-ring (bicyclic) bond motifs is 1. The van der Waals surface area contributed by atoms with E-state index in [0.29, 0.717) is 44.1 Å². The standard InChI is InChI=1S/C19H13Cl2N5O2.C5H11N/c1-26-17-10(7-12(18(26)28)16-13(20)3-2-4-14(16)21)8-23-19(25-17)24-15-6-5-11(27)9-22-15;6-5-3-1-2-4-5/h2-9,27H,1H3,(H,22,23,24,25);5H,1-4,6H2. The molecule has 1 aliphatic carbocycles. The van der Waals surface area contributed by atoms with Crippen molar-refractivity contribution >= 4 is 46.0 Å². The summed E-state index contributed by atoms with van der Waals surface area (Å²) < 4.78 is 1.42. The minimum Gasteiger partial charge on any atom is -0.506 e. The molecule has 34 heavy (non-hydrogen) atoms. The summed E-state index contributed by atoms with van der Waals surface area (Å²) in [6.45, 7) is 0. The van der Waals surface area contributed by atoms with Gasteiger partial charge in [-0.25, -0.2) is 9.97 Å². The minimum absolute atomic E-state index is 0.0538. The average Bonchev–Trinajstić information content (AvgIpc) is 3.30. The number of hydrogen-bond donors (Lipinski definition) is 3. The van der Waals surface area contributed by atoms with Crippen LogP contribution in [0.25, 0.3) is 22.2 Å². The Labute approximate surface area is 206 Å². The molecule has 1 aliphatic rings. The first-order valence-corrected chi connectivity index (χ1v) is 11.6. The van der Waals surface area contributed by atoms with Gasteiger partial charge in [0.2, 0.25) is 5.95 Å². The Morgan fingerprint density at radius 1 is 1.09 bits per heavy atom. The van der Waals surface area contributed by atoms with Crippen molar-refractivity contribution in [1.82, 2.24) is 19.5 Å². The van der Waals surface area contributed by atoms with Crippen molar-refractivity contribution in [2.75, 3.05) is 5.32 Å². The molecular formula is C24H24Cl2N6O2. The number of pyridine rings is 2. The fraction of sp³-hybridized carbons (Fsp3) is 0.250. The maximum atomic E-state index is 12.9. The van der Waals surface area contributed by atoms with Crippen molar-refractivity contribution in [3.63, 3.8) is 0 Å². The zero-order chi connectivity index (χ0) is 24.2. The molecule has 0 bridgehead atoms. The first kappa shape index (κ1) is 23.9. The molecule has 0 amide bonds. The number of benzene rings is 1. The van der Waals surface area contributed by atoms with E-state index < -0.39 is 0 Å². The van der Waals surface area contributed by atoms with E-state index in [9.17, 15) is 9.90 Å². The number of aromatic nitrogens is 4. The second-order valence-corrected chi connectivity index (χ2v) is 8.88. The minimum atomic E-state index is -0.282. The number of hydrogen-bond acceptors (Lipinski definition) is 7. The molecule has 0 saturated heterocycles. The Morgan fingerprint density at radius 2 is 1.79 bits per heavy atom. The SMILES string of the molecule is Cn1c(=O)c(-c2c(Cl)cccc2Cl)cc2cnc(Nc3ccc(O)cn3)nc21.NC1CCCC1. The van der Waals surface area contributed by atoms with Crippen molar-refractivity contribution < 1.29 is 5.11 Å². The second kappa shape index (κ2) is 10.4. The fourth-order valence-electron chi connectivity index (χ4n) is 3.77. The number of anilines is 2. The number of nitrogens with one attached hydrogen (secondary N) is 1. The zero-order valence-corrected chi connectivity index (χ0v) is 20.0. The van der Waals surface area contributed by atoms with Gasteiger partial charge in [0.05, 0.1) is 21.8 Å². The maximum absolute atomic E-state index is 12.9. The fourth-order valence-corrected chi connectivity index (χ4v) is 4.37. The summed E-state index contributed by atoms with van der Waals surface area (Å²) in [6.07, 6.45) is 8.15. The highest BCUT2D eigenvalue weighted by molar-refractivity contribution is 6.39. The lowest BCUT2D eigenvalue weighted by molar-refractivity contribution is 0.473. The van der Waals surface area contributed by atoms with Gasteiger partial charge in [-0.2, -0.15) is 4.98 Å². The lowest BCUT2D eigenvalue weighted by Crippen LogP contribution is -2.20. The van der Waals surface area contributed by atoms with Gasteiger partial charge >= 0.3 is 0 Å². The summed E-state index contributed by atoms with van der Waals surface area (Å²) in [7, 11) is 1.62. The first-order chi connectivity index (χ1) is 16.3. The monoisotopic (exact) mass is 498 g/mol. The molecule has 5 rings (SSSR count). The van der Waals surface area contributed by atoms with Gasteiger partial charge in [0.1, 0.15) is 17.2 Å². The van der Waals surface area contributed by atoms with Gasteiger partial charge in [-0.15, -0.1) is 0 Å². The summed E-state index contributed by atoms with van der Waals surface area (Å²) in [6, 6.07) is 10.4. The Morgan fingerprint density at radius 3 is 2.38 bits per heavy atom. The second-order valence-electron chi connectivity index (χ2n) is 8.06. The highest BCUT2D eigenvalue weighted by Gasteiger charge is 2.16. The van der Waals surface area contributed by atoms with Crippen molar-refractivity contribution in [3.05, 3.63) is 69.2 Å². The molecule has 10 heteroatoms. The number of halogens is 2. The van der Waals surface area contributed by atoms with E-state index >= 15 is 0 Å². The van der Waals surface area contributed by atoms with E-state index in [0.717, 1.165) is 0 Å². The molecule has 3 heterocycles. The molecular weight excluding hydrogens is 475 g/mol. The van der Waals surface area contributed by atoms with E-state index in [1.54, 1.807) is 43.6 Å². The smallest absolute Gasteiger partial charge is 0.259 e. The van der Waals surface area contributed by atoms with Crippen LogP contribution in [-0.4, -0.2) is 30.7 Å². The number of rotatable bonds is 3. The lowest BCUT2D eigenvalue weighted by Gasteiger charge is -2.12. The summed E-state index contributed by atoms with van der Waals surface area (Å²) in [5.74, 6) is 0.781. The predicted molar refractivity (Wildman–Crippen MR) is 136 cm³/mol. The summed E-state index contributed by atoms with van der Waals surface area (Å²) >= 11 is 12.5. The van der Waals surface area contributed by atoms with Gasteiger partial charge in [-0.05, 0) is 43.2 Å². The third kappa shape index (κ3) is 5.30. The molecule has 0 unspecified atom stereocenters. The van der Waals surface area contributed by atoms with Gasteiger partial charge in [0.25, 0.3) is 5.56 Å². The summed E-state index contributed by atoms with van der Waals surface area (Å²) in [5.41, 5.74) is 6.54. The molecule has 4 aromatic rings. The molecule has 8 nitrogen and oxygen atoms in total. The lowest BCUT2D eigenvalue weighted by atomic mass is 10.1. The van der Waals surface area contributed by atoms with Crippen LogP contribution >= 0.6 is 23.2 Å². The molecule has 0 aliphatic heterocycles. The van der Waals surface area contributed by atoms with Crippen LogP contribution in [-0.2, 0) is 7.05 Å². The van der Waals surface area contributed by atoms with Crippen molar-refractivity contribution in [2.24, 2.45) is 12.8 Å². The highest BCUT2D eigenvalue weighted by atomic mass is 35.5. The quantitative estimate of drug-likeness (QED) is 0.362. The van der Waals surface area contributed by atoms with E-state index in [2.05, 4.69) is 20.3 Å². The topological polar surface area (TPSA) is 119 Å². The number of aryl methyl sites for hydroxylation is 1. The third-order valence-electron chi connectivity index (χ3n) is 5.57. The van der Waals surface area contributed by atoms with Crippen LogP contribution in [0.2, 0.25) is 10.0 Å². The normalized spacial score (nSPS) is 13.5. The van der Waals surface area contributed by atoms with Gasteiger partial charge in [-0.3, -0.25) is 9.36 Å². The van der Waals surface area contributed by atoms with Gasteiger partial charge < -0.3 is 16.2 Å². The Bertz CT molecular complexity index is 1350.